The van der Waals surface area contributed by atoms with Crippen LogP contribution >= 0.6 is 11.8 Å². The van der Waals surface area contributed by atoms with E-state index in [-0.39, 0.29) is 12.4 Å². The highest BCUT2D eigenvalue weighted by molar-refractivity contribution is 8.13. The quantitative estimate of drug-likeness (QED) is 0.600. The molecule has 0 fully saturated rings. The van der Waals surface area contributed by atoms with Crippen molar-refractivity contribution in [3.8, 4) is 0 Å². The standard InChI is InChI=1S/C11H12N2S.ClH/c1-2-4-9(5-3-1)10-8-13-6-7-14-11(13)12-10;/h1-5,10H,6-8H2;1H/t10-;/m1./s1/i11+2;. The van der Waals surface area contributed by atoms with E-state index in [1.165, 1.54) is 23.0 Å². The minimum atomic E-state index is 0. The first-order valence-corrected chi connectivity index (χ1v) is 5.98. The minimum absolute atomic E-state index is 0. The average Bonchev–Trinajstić information content (AvgIpc) is 2.78. The van der Waals surface area contributed by atoms with Crippen molar-refractivity contribution in [2.24, 2.45) is 0 Å². The molecular weight excluding hydrogens is 230 g/mol. The van der Waals surface area contributed by atoms with Crippen molar-refractivity contribution in [1.82, 2.24) is 5.32 Å². The molecule has 0 aromatic heterocycles. The van der Waals surface area contributed by atoms with Crippen molar-refractivity contribution < 1.29 is 17.0 Å². The first-order chi connectivity index (χ1) is 6.93. The van der Waals surface area contributed by atoms with E-state index in [0.717, 1.165) is 6.54 Å². The van der Waals surface area contributed by atoms with Crippen molar-refractivity contribution in [1.29, 1.82) is 0 Å². The fraction of sp³-hybridized carbons (Fsp3) is 0.364. The van der Waals surface area contributed by atoms with Gasteiger partial charge in [-0.15, -0.1) is 0 Å². The molecule has 0 saturated carbocycles. The molecule has 2 aliphatic rings. The lowest BCUT2D eigenvalue weighted by molar-refractivity contribution is -0.511. The summed E-state index contributed by atoms with van der Waals surface area (Å²) >= 11 is 1.94. The third-order valence-electron chi connectivity index (χ3n) is 2.79. The number of nitrogens with one attached hydrogen (secondary N) is 1. The van der Waals surface area contributed by atoms with Crippen LogP contribution in [0.4, 0.5) is 0 Å². The van der Waals surface area contributed by atoms with Gasteiger partial charge >= 0.3 is 5.17 Å². The highest BCUT2D eigenvalue weighted by atomic mass is 35.5. The van der Waals surface area contributed by atoms with Gasteiger partial charge in [0.05, 0.1) is 6.54 Å². The summed E-state index contributed by atoms with van der Waals surface area (Å²) in [4.78, 5) is 0. The zero-order chi connectivity index (χ0) is 9.38. The molecule has 2 nitrogen and oxygen atoms in total. The van der Waals surface area contributed by atoms with Gasteiger partial charge in [0.15, 0.2) is 6.04 Å². The summed E-state index contributed by atoms with van der Waals surface area (Å²) in [6, 6.07) is 11.2. The lowest BCUT2D eigenvalue weighted by Crippen LogP contribution is -3.00. The van der Waals surface area contributed by atoms with E-state index in [1.54, 1.807) is 0 Å². The molecule has 0 unspecified atom stereocenters. The van der Waals surface area contributed by atoms with E-state index >= 15 is 0 Å². The van der Waals surface area contributed by atoms with Gasteiger partial charge in [0.25, 0.3) is 0 Å². The fourth-order valence-electron chi connectivity index (χ4n) is 2.04. The molecule has 1 aromatic carbocycles. The number of benzene rings is 1. The Hall–Kier alpha value is -0.670. The van der Waals surface area contributed by atoms with Crippen molar-refractivity contribution in [2.75, 3.05) is 18.8 Å². The van der Waals surface area contributed by atoms with Crippen LogP contribution in [-0.4, -0.2) is 28.6 Å². The summed E-state index contributed by atoms with van der Waals surface area (Å²) in [7, 11) is 0. The first kappa shape index (κ1) is 10.8. The highest BCUT2D eigenvalue weighted by Crippen LogP contribution is 2.23. The molecule has 4 heteroatoms. The van der Waals surface area contributed by atoms with Crippen LogP contribution in [0.5, 0.6) is 0 Å². The lowest BCUT2D eigenvalue weighted by Gasteiger charge is -2.06. The number of rotatable bonds is 1. The molecular formula is C11H13ClN2S. The molecule has 0 radical (unpaired) electrons. The molecule has 0 saturated heterocycles. The normalized spacial score (nSPS) is 23.3. The molecule has 3 rings (SSSR count). The van der Waals surface area contributed by atoms with E-state index in [4.69, 9.17) is 0 Å². The third kappa shape index (κ3) is 1.99. The van der Waals surface area contributed by atoms with Crippen LogP contribution in [0.3, 0.4) is 0 Å². The summed E-state index contributed by atoms with van der Waals surface area (Å²) in [6.07, 6.45) is 0. The predicted octanol–water partition coefficient (Wildman–Crippen LogP) is -1.55. The van der Waals surface area contributed by atoms with Crippen LogP contribution in [0, 0.1) is 0 Å². The van der Waals surface area contributed by atoms with Crippen LogP contribution in [0.2, 0.25) is 0 Å². The highest BCUT2D eigenvalue weighted by Gasteiger charge is 2.34. The largest absolute Gasteiger partial charge is 1.00 e. The van der Waals surface area contributed by atoms with Gasteiger partial charge in [0.2, 0.25) is 0 Å². The Morgan fingerprint density at radius 3 is 2.87 bits per heavy atom. The van der Waals surface area contributed by atoms with E-state index in [1.807, 2.05) is 11.8 Å². The molecule has 0 amide bonds. The summed E-state index contributed by atoms with van der Waals surface area (Å²) in [5, 5.41) is 4.95. The molecule has 0 aliphatic carbocycles. The van der Waals surface area contributed by atoms with E-state index in [0.29, 0.717) is 6.04 Å². The first-order valence-electron chi connectivity index (χ1n) is 5.00. The maximum atomic E-state index is 3.57. The lowest BCUT2D eigenvalue weighted by atomic mass is 10.1. The Bertz CT molecular complexity index is 361. The fourth-order valence-corrected chi connectivity index (χ4v) is 3.12. The monoisotopic (exact) mass is 242 g/mol. The predicted molar refractivity (Wildman–Crippen MR) is 59.8 cm³/mol. The molecule has 0 spiro atoms. The number of amidine groups is 1. The molecule has 15 heavy (non-hydrogen) atoms. The number of hydrogen-bond acceptors (Lipinski definition) is 2. The second kappa shape index (κ2) is 4.45. The molecule has 80 valence electrons. The molecule has 1 atom stereocenters. The Morgan fingerprint density at radius 1 is 1.33 bits per heavy atom. The van der Waals surface area contributed by atoms with Gasteiger partial charge < -0.3 is 12.4 Å². The van der Waals surface area contributed by atoms with Crippen molar-refractivity contribution >= 4 is 16.9 Å². The average molecular weight is 243 g/mol. The summed E-state index contributed by atoms with van der Waals surface area (Å²) in [5.74, 6) is 1.24. The van der Waals surface area contributed by atoms with Crippen LogP contribution < -0.4 is 17.7 Å². The maximum Gasteiger partial charge on any atom is 0.307 e. The van der Waals surface area contributed by atoms with Crippen molar-refractivity contribution in [2.45, 2.75) is 6.04 Å². The van der Waals surface area contributed by atoms with Crippen LogP contribution in [0.15, 0.2) is 30.3 Å². The Labute approximate surface area is 100 Å². The Kier molecular flexibility index (Phi) is 3.22. The second-order valence-electron chi connectivity index (χ2n) is 3.71. The SMILES string of the molecule is [Cl-].c1ccc([C@H]2C[N+]3=[14C](N2)SCC3)cc1. The molecule has 0 bridgehead atoms. The van der Waals surface area contributed by atoms with Gasteiger partial charge in [-0.05, 0) is 11.8 Å². The number of nitrogens with zero attached hydrogens (tertiary/aromatic N) is 1. The summed E-state index contributed by atoms with van der Waals surface area (Å²) < 4.78 is 2.45. The zero-order valence-electron chi connectivity index (χ0n) is 8.32. The molecule has 2 aliphatic heterocycles. The van der Waals surface area contributed by atoms with Crippen LogP contribution in [-0.2, 0) is 0 Å². The van der Waals surface area contributed by atoms with Gasteiger partial charge in [-0.1, -0.05) is 30.3 Å². The number of thioether (sulfide) groups is 1. The van der Waals surface area contributed by atoms with Crippen LogP contribution in [0.1, 0.15) is 11.6 Å². The molecule has 2 heterocycles. The van der Waals surface area contributed by atoms with E-state index in [9.17, 15) is 0 Å². The Balaban J connectivity index is 0.000000853. The summed E-state index contributed by atoms with van der Waals surface area (Å²) in [5.41, 5.74) is 1.40. The summed E-state index contributed by atoms with van der Waals surface area (Å²) in [6.45, 7) is 2.34. The van der Waals surface area contributed by atoms with Gasteiger partial charge in [0, 0.05) is 11.3 Å². The zero-order valence-corrected chi connectivity index (χ0v) is 9.89. The minimum Gasteiger partial charge on any atom is -1.00 e. The molecule has 1 N–H and O–H groups in total. The van der Waals surface area contributed by atoms with Gasteiger partial charge in [-0.3, -0.25) is 9.89 Å². The maximum absolute atomic E-state index is 3.57. The van der Waals surface area contributed by atoms with E-state index < -0.39 is 0 Å². The number of halogens is 1. The van der Waals surface area contributed by atoms with Gasteiger partial charge in [-0.25, -0.2) is 0 Å². The van der Waals surface area contributed by atoms with Gasteiger partial charge in [-0.2, -0.15) is 0 Å². The van der Waals surface area contributed by atoms with Crippen molar-refractivity contribution in [3.05, 3.63) is 35.9 Å². The topological polar surface area (TPSA) is 15.0 Å². The van der Waals surface area contributed by atoms with Crippen molar-refractivity contribution in [3.63, 3.8) is 0 Å². The third-order valence-corrected chi connectivity index (χ3v) is 3.83. The smallest absolute Gasteiger partial charge is 0.307 e. The van der Waals surface area contributed by atoms with Gasteiger partial charge in [0.1, 0.15) is 6.54 Å². The second-order valence-corrected chi connectivity index (χ2v) is 4.79. The van der Waals surface area contributed by atoms with E-state index in [2.05, 4.69) is 40.2 Å². The molecule has 1 aromatic rings. The van der Waals surface area contributed by atoms with Crippen LogP contribution in [0.25, 0.3) is 0 Å². The number of hydrogen-bond donors (Lipinski definition) is 1. The Morgan fingerprint density at radius 2 is 2.13 bits per heavy atom.